The molecule has 1 aliphatic carbocycles. The van der Waals surface area contributed by atoms with Gasteiger partial charge in [0, 0.05) is 34.2 Å². The summed E-state index contributed by atoms with van der Waals surface area (Å²) >= 11 is 9.96. The van der Waals surface area contributed by atoms with Gasteiger partial charge in [0.05, 0.1) is 5.69 Å². The van der Waals surface area contributed by atoms with Crippen LogP contribution in [0.2, 0.25) is 5.02 Å². The van der Waals surface area contributed by atoms with Crippen molar-refractivity contribution < 1.29 is 0 Å². The predicted octanol–water partition coefficient (Wildman–Crippen LogP) is 4.71. The Morgan fingerprint density at radius 2 is 2.10 bits per heavy atom. The number of halogens is 2. The van der Waals surface area contributed by atoms with E-state index in [4.69, 9.17) is 11.6 Å². The molecule has 0 aromatic heterocycles. The zero-order valence-corrected chi connectivity index (χ0v) is 15.3. The van der Waals surface area contributed by atoms with Crippen LogP contribution in [0, 0.1) is 11.8 Å². The van der Waals surface area contributed by atoms with Crippen LogP contribution in [-0.4, -0.2) is 24.7 Å². The van der Waals surface area contributed by atoms with E-state index in [-0.39, 0.29) is 5.54 Å². The van der Waals surface area contributed by atoms with Gasteiger partial charge in [0.2, 0.25) is 0 Å². The van der Waals surface area contributed by atoms with Crippen LogP contribution in [0.4, 0.5) is 5.69 Å². The Kier molecular flexibility index (Phi) is 4.28. The molecule has 1 saturated carbocycles. The molecule has 116 valence electrons. The van der Waals surface area contributed by atoms with Crippen molar-refractivity contribution in [1.29, 1.82) is 0 Å². The number of nitrogens with one attached hydrogen (secondary N) is 1. The van der Waals surface area contributed by atoms with Crippen molar-refractivity contribution in [2.75, 3.05) is 18.0 Å². The van der Waals surface area contributed by atoms with Crippen molar-refractivity contribution in [2.24, 2.45) is 11.8 Å². The van der Waals surface area contributed by atoms with E-state index >= 15 is 0 Å². The minimum absolute atomic E-state index is 0.229. The lowest BCUT2D eigenvalue weighted by atomic mass is 9.87. The van der Waals surface area contributed by atoms with Crippen LogP contribution in [0.3, 0.4) is 0 Å². The summed E-state index contributed by atoms with van der Waals surface area (Å²) in [5.74, 6) is 1.43. The van der Waals surface area contributed by atoms with Gasteiger partial charge < -0.3 is 10.2 Å². The zero-order chi connectivity index (χ0) is 15.2. The van der Waals surface area contributed by atoms with Crippen LogP contribution in [0.1, 0.15) is 33.6 Å². The smallest absolute Gasteiger partial charge is 0.0529 e. The quantitative estimate of drug-likeness (QED) is 0.828. The first-order valence-corrected chi connectivity index (χ1v) is 9.04. The van der Waals surface area contributed by atoms with Gasteiger partial charge in [-0.15, -0.1) is 0 Å². The highest BCUT2D eigenvalue weighted by Crippen LogP contribution is 2.43. The second kappa shape index (κ2) is 5.75. The second-order valence-electron chi connectivity index (χ2n) is 7.11. The Balaban J connectivity index is 1.95. The van der Waals surface area contributed by atoms with Crippen molar-refractivity contribution in [3.8, 4) is 0 Å². The topological polar surface area (TPSA) is 15.3 Å². The molecule has 2 nitrogen and oxygen atoms in total. The predicted molar refractivity (Wildman–Crippen MR) is 94.3 cm³/mol. The third-order valence-electron chi connectivity index (χ3n) is 5.08. The summed E-state index contributed by atoms with van der Waals surface area (Å²) in [6.07, 6.45) is 2.72. The number of hydrogen-bond acceptors (Lipinski definition) is 2. The molecule has 0 radical (unpaired) electrons. The lowest BCUT2D eigenvalue weighted by Gasteiger charge is -2.49. The summed E-state index contributed by atoms with van der Waals surface area (Å²) in [7, 11) is 0. The molecular formula is C17H24BrClN2. The molecular weight excluding hydrogens is 348 g/mol. The zero-order valence-electron chi connectivity index (χ0n) is 13.0. The molecule has 0 amide bonds. The maximum absolute atomic E-state index is 6.25. The Bertz CT molecular complexity index is 530. The first-order valence-electron chi connectivity index (χ1n) is 7.87. The van der Waals surface area contributed by atoms with Crippen molar-refractivity contribution in [1.82, 2.24) is 5.32 Å². The van der Waals surface area contributed by atoms with E-state index in [1.165, 1.54) is 18.5 Å². The molecule has 1 heterocycles. The van der Waals surface area contributed by atoms with Gasteiger partial charge in [-0.25, -0.2) is 0 Å². The van der Waals surface area contributed by atoms with Crippen molar-refractivity contribution in [3.05, 3.63) is 27.7 Å². The summed E-state index contributed by atoms with van der Waals surface area (Å²) in [6.45, 7) is 9.09. The summed E-state index contributed by atoms with van der Waals surface area (Å²) in [5, 5.41) is 4.64. The number of anilines is 1. The van der Waals surface area contributed by atoms with E-state index in [2.05, 4.69) is 59.1 Å². The standard InChI is InChI=1S/C17H24BrClN2/c1-11(2)16-9-20-17(3,12-4-5-12)10-21(16)15-8-13(19)6-7-14(15)18/h6-8,11-12,16,20H,4-5,9-10H2,1-3H3. The fraction of sp³-hybridized carbons (Fsp3) is 0.647. The van der Waals surface area contributed by atoms with Crippen LogP contribution in [0.15, 0.2) is 22.7 Å². The maximum atomic E-state index is 6.25. The first kappa shape index (κ1) is 15.6. The van der Waals surface area contributed by atoms with E-state index in [9.17, 15) is 0 Å². The Labute approximate surface area is 141 Å². The molecule has 1 aliphatic heterocycles. The summed E-state index contributed by atoms with van der Waals surface area (Å²) in [6, 6.07) is 6.61. The first-order chi connectivity index (χ1) is 9.90. The van der Waals surface area contributed by atoms with E-state index in [1.807, 2.05) is 6.07 Å². The molecule has 1 aromatic rings. The van der Waals surface area contributed by atoms with Crippen molar-refractivity contribution >= 4 is 33.2 Å². The van der Waals surface area contributed by atoms with Gasteiger partial charge in [-0.2, -0.15) is 0 Å². The SMILES string of the molecule is CC(C)C1CNC(C)(C2CC2)CN1c1cc(Cl)ccc1Br. The van der Waals surface area contributed by atoms with Crippen LogP contribution in [-0.2, 0) is 0 Å². The molecule has 21 heavy (non-hydrogen) atoms. The second-order valence-corrected chi connectivity index (χ2v) is 8.40. The highest BCUT2D eigenvalue weighted by Gasteiger charge is 2.46. The molecule has 0 spiro atoms. The maximum Gasteiger partial charge on any atom is 0.0529 e. The summed E-state index contributed by atoms with van der Waals surface area (Å²) in [5.41, 5.74) is 1.46. The fourth-order valence-electron chi connectivity index (χ4n) is 3.53. The molecule has 2 unspecified atom stereocenters. The Morgan fingerprint density at radius 3 is 2.71 bits per heavy atom. The molecule has 2 fully saturated rings. The Hall–Kier alpha value is -0.250. The van der Waals surface area contributed by atoms with Crippen LogP contribution >= 0.6 is 27.5 Å². The highest BCUT2D eigenvalue weighted by molar-refractivity contribution is 9.10. The van der Waals surface area contributed by atoms with Crippen molar-refractivity contribution in [3.63, 3.8) is 0 Å². The van der Waals surface area contributed by atoms with Gasteiger partial charge in [0.15, 0.2) is 0 Å². The minimum atomic E-state index is 0.229. The summed E-state index contributed by atoms with van der Waals surface area (Å²) in [4.78, 5) is 2.56. The van der Waals surface area contributed by atoms with Crippen LogP contribution in [0.25, 0.3) is 0 Å². The molecule has 2 atom stereocenters. The number of nitrogens with zero attached hydrogens (tertiary/aromatic N) is 1. The average molecular weight is 372 g/mol. The lowest BCUT2D eigenvalue weighted by molar-refractivity contribution is 0.233. The highest BCUT2D eigenvalue weighted by atomic mass is 79.9. The third kappa shape index (κ3) is 3.11. The lowest BCUT2D eigenvalue weighted by Crippen LogP contribution is -2.65. The molecule has 4 heteroatoms. The summed E-state index contributed by atoms with van der Waals surface area (Å²) < 4.78 is 1.14. The minimum Gasteiger partial charge on any atom is -0.364 e. The van der Waals surface area contributed by atoms with Gasteiger partial charge in [-0.05, 0) is 65.7 Å². The van der Waals surface area contributed by atoms with Crippen LogP contribution < -0.4 is 10.2 Å². The molecule has 0 bridgehead atoms. The van der Waals surface area contributed by atoms with Gasteiger partial charge >= 0.3 is 0 Å². The molecule has 3 rings (SSSR count). The normalized spacial score (nSPS) is 30.0. The van der Waals surface area contributed by atoms with E-state index in [0.717, 1.165) is 28.5 Å². The molecule has 2 aliphatic rings. The fourth-order valence-corrected chi connectivity index (χ4v) is 4.17. The number of hydrogen-bond donors (Lipinski definition) is 1. The number of piperazine rings is 1. The monoisotopic (exact) mass is 370 g/mol. The number of rotatable bonds is 3. The Morgan fingerprint density at radius 1 is 1.38 bits per heavy atom. The van der Waals surface area contributed by atoms with E-state index in [1.54, 1.807) is 0 Å². The largest absolute Gasteiger partial charge is 0.364 e. The van der Waals surface area contributed by atoms with E-state index < -0.39 is 0 Å². The molecule has 1 N–H and O–H groups in total. The van der Waals surface area contributed by atoms with Crippen LogP contribution in [0.5, 0.6) is 0 Å². The van der Waals surface area contributed by atoms with Gasteiger partial charge in [0.1, 0.15) is 0 Å². The number of benzene rings is 1. The average Bonchev–Trinajstić information content (AvgIpc) is 3.26. The molecule has 1 saturated heterocycles. The van der Waals surface area contributed by atoms with Gasteiger partial charge in [0.25, 0.3) is 0 Å². The third-order valence-corrected chi connectivity index (χ3v) is 5.99. The molecule has 1 aromatic carbocycles. The van der Waals surface area contributed by atoms with Crippen molar-refractivity contribution in [2.45, 2.75) is 45.2 Å². The van der Waals surface area contributed by atoms with E-state index in [0.29, 0.717) is 12.0 Å². The van der Waals surface area contributed by atoms with Gasteiger partial charge in [-0.1, -0.05) is 25.4 Å². The van der Waals surface area contributed by atoms with Gasteiger partial charge in [-0.3, -0.25) is 0 Å².